The monoisotopic (exact) mass is 388 g/mol. The first-order valence-electron chi connectivity index (χ1n) is 8.54. The Hall–Kier alpha value is -2.71. The van der Waals surface area contributed by atoms with Crippen molar-refractivity contribution in [3.05, 3.63) is 52.2 Å². The van der Waals surface area contributed by atoms with Gasteiger partial charge in [-0.3, -0.25) is 14.4 Å². The number of thiophene rings is 1. The van der Waals surface area contributed by atoms with Crippen LogP contribution in [0.1, 0.15) is 32.9 Å². The predicted molar refractivity (Wildman–Crippen MR) is 101 cm³/mol. The SMILES string of the molecule is O=C(NCC1(C(=O)O)CCOCC1)c1cccc(NC(=O)c2cccs2)c1. The number of anilines is 1. The molecular formula is C19H20N2O5S. The van der Waals surface area contributed by atoms with Crippen molar-refractivity contribution in [3.63, 3.8) is 0 Å². The van der Waals surface area contributed by atoms with Gasteiger partial charge in [0.25, 0.3) is 11.8 Å². The summed E-state index contributed by atoms with van der Waals surface area (Å²) in [5.74, 6) is -1.55. The molecule has 0 atom stereocenters. The van der Waals surface area contributed by atoms with Crippen molar-refractivity contribution < 1.29 is 24.2 Å². The third kappa shape index (κ3) is 4.53. The number of carboxylic acid groups (broad SMARTS) is 1. The van der Waals surface area contributed by atoms with Gasteiger partial charge in [0.15, 0.2) is 0 Å². The maximum atomic E-state index is 12.5. The standard InChI is InChI=1S/C19H20N2O5S/c22-16(20-12-19(18(24)25)6-8-26-9-7-19)13-3-1-4-14(11-13)21-17(23)15-5-2-10-27-15/h1-5,10-11H,6-9,12H2,(H,20,22)(H,21,23)(H,24,25). The molecule has 1 saturated heterocycles. The number of carbonyl (C=O) groups is 3. The Morgan fingerprint density at radius 1 is 1.11 bits per heavy atom. The van der Waals surface area contributed by atoms with Crippen LogP contribution in [0.5, 0.6) is 0 Å². The van der Waals surface area contributed by atoms with Gasteiger partial charge in [0.1, 0.15) is 0 Å². The molecule has 142 valence electrons. The second-order valence-electron chi connectivity index (χ2n) is 6.39. The molecule has 1 fully saturated rings. The molecule has 0 aliphatic carbocycles. The van der Waals surface area contributed by atoms with E-state index < -0.39 is 11.4 Å². The number of hydrogen-bond acceptors (Lipinski definition) is 5. The number of ether oxygens (including phenoxy) is 1. The molecule has 2 amide bonds. The Morgan fingerprint density at radius 2 is 1.89 bits per heavy atom. The van der Waals surface area contributed by atoms with Crippen LogP contribution in [0.2, 0.25) is 0 Å². The van der Waals surface area contributed by atoms with Crippen molar-refractivity contribution in [2.24, 2.45) is 5.41 Å². The lowest BCUT2D eigenvalue weighted by atomic mass is 9.80. The zero-order chi connectivity index (χ0) is 19.3. The third-order valence-corrected chi connectivity index (χ3v) is 5.49. The topological polar surface area (TPSA) is 105 Å². The fraction of sp³-hybridized carbons (Fsp3) is 0.316. The minimum absolute atomic E-state index is 0.0380. The van der Waals surface area contributed by atoms with Crippen molar-refractivity contribution in [2.45, 2.75) is 12.8 Å². The Labute approximate surface area is 160 Å². The Kier molecular flexibility index (Phi) is 5.88. The molecule has 1 aliphatic rings. The van der Waals surface area contributed by atoms with E-state index in [2.05, 4.69) is 10.6 Å². The number of carbonyl (C=O) groups excluding carboxylic acids is 2. The maximum Gasteiger partial charge on any atom is 0.311 e. The maximum absolute atomic E-state index is 12.5. The summed E-state index contributed by atoms with van der Waals surface area (Å²) in [7, 11) is 0. The molecule has 0 saturated carbocycles. The second kappa shape index (κ2) is 8.32. The van der Waals surface area contributed by atoms with Gasteiger partial charge in [-0.2, -0.15) is 0 Å². The average molecular weight is 388 g/mol. The van der Waals surface area contributed by atoms with Crippen LogP contribution in [0, 0.1) is 5.41 Å². The Balaban J connectivity index is 1.64. The van der Waals surface area contributed by atoms with Gasteiger partial charge in [-0.05, 0) is 42.5 Å². The van der Waals surface area contributed by atoms with E-state index in [1.807, 2.05) is 5.38 Å². The molecular weight excluding hydrogens is 368 g/mol. The number of rotatable bonds is 6. The summed E-state index contributed by atoms with van der Waals surface area (Å²) in [4.78, 5) is 36.8. The third-order valence-electron chi connectivity index (χ3n) is 4.62. The summed E-state index contributed by atoms with van der Waals surface area (Å²) in [6, 6.07) is 10.1. The van der Waals surface area contributed by atoms with Crippen LogP contribution < -0.4 is 10.6 Å². The summed E-state index contributed by atoms with van der Waals surface area (Å²) in [5.41, 5.74) is -0.148. The first kappa shape index (κ1) is 19.1. The molecule has 27 heavy (non-hydrogen) atoms. The minimum atomic E-state index is -1.00. The van der Waals surface area contributed by atoms with Crippen molar-refractivity contribution >= 4 is 34.8 Å². The Morgan fingerprint density at radius 3 is 2.56 bits per heavy atom. The van der Waals surface area contributed by atoms with Crippen molar-refractivity contribution in [3.8, 4) is 0 Å². The first-order chi connectivity index (χ1) is 13.0. The number of aliphatic carboxylic acids is 1. The van der Waals surface area contributed by atoms with Gasteiger partial charge in [0.2, 0.25) is 0 Å². The summed E-state index contributed by atoms with van der Waals surface area (Å²) in [6.45, 7) is 0.773. The highest BCUT2D eigenvalue weighted by Gasteiger charge is 2.40. The van der Waals surface area contributed by atoms with Crippen LogP contribution in [0.3, 0.4) is 0 Å². The molecule has 8 heteroatoms. The van der Waals surface area contributed by atoms with E-state index in [1.165, 1.54) is 11.3 Å². The highest BCUT2D eigenvalue weighted by molar-refractivity contribution is 7.12. The lowest BCUT2D eigenvalue weighted by molar-refractivity contribution is -0.154. The van der Waals surface area contributed by atoms with Crippen LogP contribution in [-0.4, -0.2) is 42.6 Å². The molecule has 0 bridgehead atoms. The minimum Gasteiger partial charge on any atom is -0.481 e. The van der Waals surface area contributed by atoms with E-state index in [0.717, 1.165) is 0 Å². The number of nitrogens with one attached hydrogen (secondary N) is 2. The van der Waals surface area contributed by atoms with Crippen molar-refractivity contribution in [2.75, 3.05) is 25.1 Å². The summed E-state index contributed by atoms with van der Waals surface area (Å²) < 4.78 is 5.23. The van der Waals surface area contributed by atoms with Gasteiger partial charge in [0, 0.05) is 31.0 Å². The molecule has 0 radical (unpaired) electrons. The van der Waals surface area contributed by atoms with E-state index in [-0.39, 0.29) is 18.4 Å². The molecule has 2 heterocycles. The predicted octanol–water partition coefficient (Wildman–Crippen LogP) is 2.61. The summed E-state index contributed by atoms with van der Waals surface area (Å²) in [5, 5.41) is 16.8. The lowest BCUT2D eigenvalue weighted by Crippen LogP contribution is -2.46. The van der Waals surface area contributed by atoms with Gasteiger partial charge in [-0.1, -0.05) is 12.1 Å². The molecule has 3 N–H and O–H groups in total. The molecule has 1 aromatic heterocycles. The highest BCUT2D eigenvalue weighted by atomic mass is 32.1. The molecule has 3 rings (SSSR count). The fourth-order valence-corrected chi connectivity index (χ4v) is 3.54. The highest BCUT2D eigenvalue weighted by Crippen LogP contribution is 2.30. The van der Waals surface area contributed by atoms with Crippen LogP contribution in [-0.2, 0) is 9.53 Å². The van der Waals surface area contributed by atoms with Gasteiger partial charge in [0.05, 0.1) is 10.3 Å². The zero-order valence-electron chi connectivity index (χ0n) is 14.6. The Bertz CT molecular complexity index is 828. The number of benzene rings is 1. The number of amides is 2. The van der Waals surface area contributed by atoms with Gasteiger partial charge >= 0.3 is 5.97 Å². The molecule has 1 aliphatic heterocycles. The van der Waals surface area contributed by atoms with E-state index in [0.29, 0.717) is 42.2 Å². The molecule has 0 spiro atoms. The zero-order valence-corrected chi connectivity index (χ0v) is 15.4. The van der Waals surface area contributed by atoms with E-state index in [4.69, 9.17) is 4.74 Å². The van der Waals surface area contributed by atoms with Gasteiger partial charge in [-0.15, -0.1) is 11.3 Å². The average Bonchev–Trinajstić information content (AvgIpc) is 3.22. The molecule has 7 nitrogen and oxygen atoms in total. The van der Waals surface area contributed by atoms with Crippen molar-refractivity contribution in [1.29, 1.82) is 0 Å². The van der Waals surface area contributed by atoms with Crippen LogP contribution >= 0.6 is 11.3 Å². The quantitative estimate of drug-likeness (QED) is 0.706. The summed E-state index contributed by atoms with van der Waals surface area (Å²) in [6.07, 6.45) is 0.721. The fourth-order valence-electron chi connectivity index (χ4n) is 2.92. The number of carboxylic acids is 1. The molecule has 0 unspecified atom stereocenters. The van der Waals surface area contributed by atoms with Crippen LogP contribution in [0.25, 0.3) is 0 Å². The van der Waals surface area contributed by atoms with E-state index >= 15 is 0 Å². The van der Waals surface area contributed by atoms with Crippen molar-refractivity contribution in [1.82, 2.24) is 5.32 Å². The number of hydrogen-bond donors (Lipinski definition) is 3. The van der Waals surface area contributed by atoms with Gasteiger partial charge in [-0.25, -0.2) is 0 Å². The molecule has 2 aromatic rings. The first-order valence-corrected chi connectivity index (χ1v) is 9.42. The van der Waals surface area contributed by atoms with E-state index in [1.54, 1.807) is 36.4 Å². The normalized spacial score (nSPS) is 15.7. The largest absolute Gasteiger partial charge is 0.481 e. The molecule has 1 aromatic carbocycles. The lowest BCUT2D eigenvalue weighted by Gasteiger charge is -2.33. The van der Waals surface area contributed by atoms with Crippen LogP contribution in [0.15, 0.2) is 41.8 Å². The van der Waals surface area contributed by atoms with Gasteiger partial charge < -0.3 is 20.5 Å². The smallest absolute Gasteiger partial charge is 0.311 e. The second-order valence-corrected chi connectivity index (χ2v) is 7.34. The van der Waals surface area contributed by atoms with Crippen LogP contribution in [0.4, 0.5) is 5.69 Å². The summed E-state index contributed by atoms with van der Waals surface area (Å²) >= 11 is 1.33. The van der Waals surface area contributed by atoms with E-state index in [9.17, 15) is 19.5 Å².